The molecule has 0 bridgehead atoms. The number of rotatable bonds is 5. The lowest BCUT2D eigenvalue weighted by atomic mass is 10.1. The van der Waals surface area contributed by atoms with Gasteiger partial charge in [0.15, 0.2) is 5.82 Å². The van der Waals surface area contributed by atoms with Gasteiger partial charge in [0.25, 0.3) is 5.89 Å². The highest BCUT2D eigenvalue weighted by molar-refractivity contribution is 5.58. The number of ether oxygens (including phenoxy) is 1. The van der Waals surface area contributed by atoms with Crippen molar-refractivity contribution in [3.05, 3.63) is 24.2 Å². The van der Waals surface area contributed by atoms with Crippen LogP contribution in [0.2, 0.25) is 0 Å². The minimum Gasteiger partial charge on any atom is -0.373 e. The van der Waals surface area contributed by atoms with Gasteiger partial charge in [-0.05, 0) is 26.1 Å². The van der Waals surface area contributed by atoms with Gasteiger partial charge in [0.05, 0.1) is 18.8 Å². The molecule has 1 N–H and O–H groups in total. The lowest BCUT2D eigenvalue weighted by Gasteiger charge is -2.34. The van der Waals surface area contributed by atoms with E-state index in [9.17, 15) is 0 Å². The van der Waals surface area contributed by atoms with Gasteiger partial charge in [0.2, 0.25) is 0 Å². The average Bonchev–Trinajstić information content (AvgIpc) is 3.05. The van der Waals surface area contributed by atoms with Gasteiger partial charge < -0.3 is 19.5 Å². The van der Waals surface area contributed by atoms with Gasteiger partial charge in [-0.15, -0.1) is 0 Å². The summed E-state index contributed by atoms with van der Waals surface area (Å²) >= 11 is 0. The third-order valence-electron chi connectivity index (χ3n) is 4.19. The van der Waals surface area contributed by atoms with E-state index in [1.54, 1.807) is 6.20 Å². The van der Waals surface area contributed by atoms with Crippen LogP contribution in [0.25, 0.3) is 11.5 Å². The summed E-state index contributed by atoms with van der Waals surface area (Å²) in [7, 11) is 2.11. The summed E-state index contributed by atoms with van der Waals surface area (Å²) in [5.74, 6) is 2.25. The molecule has 24 heavy (non-hydrogen) atoms. The molecule has 0 spiro atoms. The zero-order valence-corrected chi connectivity index (χ0v) is 14.7. The molecular formula is C17H25N5O2. The summed E-state index contributed by atoms with van der Waals surface area (Å²) in [5.41, 5.74) is 0.862. The van der Waals surface area contributed by atoms with E-state index < -0.39 is 0 Å². The molecule has 2 aromatic heterocycles. The fraction of sp³-hybridized carbons (Fsp3) is 0.588. The summed E-state index contributed by atoms with van der Waals surface area (Å²) < 4.78 is 11.2. The van der Waals surface area contributed by atoms with Gasteiger partial charge in [0, 0.05) is 30.8 Å². The van der Waals surface area contributed by atoms with Crippen LogP contribution in [-0.2, 0) is 4.74 Å². The minimum absolute atomic E-state index is 0.144. The molecule has 7 heteroatoms. The molecular weight excluding hydrogens is 306 g/mol. The molecule has 0 radical (unpaired) electrons. The second-order valence-electron chi connectivity index (χ2n) is 6.65. The Labute approximate surface area is 142 Å². The molecule has 0 aromatic carbocycles. The van der Waals surface area contributed by atoms with E-state index in [4.69, 9.17) is 9.26 Å². The Morgan fingerprint density at radius 2 is 2.17 bits per heavy atom. The quantitative estimate of drug-likeness (QED) is 0.901. The molecule has 7 nitrogen and oxygen atoms in total. The first-order valence-electron chi connectivity index (χ1n) is 8.39. The third-order valence-corrected chi connectivity index (χ3v) is 4.19. The molecule has 1 fully saturated rings. The van der Waals surface area contributed by atoms with Crippen molar-refractivity contribution in [3.63, 3.8) is 0 Å². The van der Waals surface area contributed by atoms with Crippen LogP contribution >= 0.6 is 0 Å². The molecule has 0 aliphatic carbocycles. The molecule has 130 valence electrons. The number of aromatic nitrogens is 3. The molecule has 2 aromatic rings. The van der Waals surface area contributed by atoms with Crippen LogP contribution in [0.4, 0.5) is 5.82 Å². The summed E-state index contributed by atoms with van der Waals surface area (Å²) in [6, 6.07) is 3.96. The molecule has 1 saturated heterocycles. The first-order chi connectivity index (χ1) is 11.5. The highest BCUT2D eigenvalue weighted by atomic mass is 16.5. The first-order valence-corrected chi connectivity index (χ1v) is 8.39. The van der Waals surface area contributed by atoms with Crippen LogP contribution in [0, 0.1) is 0 Å². The van der Waals surface area contributed by atoms with Crippen LogP contribution in [0.15, 0.2) is 22.9 Å². The maximum atomic E-state index is 5.85. The fourth-order valence-electron chi connectivity index (χ4n) is 2.67. The van der Waals surface area contributed by atoms with E-state index >= 15 is 0 Å². The minimum atomic E-state index is 0.144. The van der Waals surface area contributed by atoms with Crippen molar-refractivity contribution in [2.24, 2.45) is 0 Å². The van der Waals surface area contributed by atoms with Gasteiger partial charge >= 0.3 is 0 Å². The van der Waals surface area contributed by atoms with Gasteiger partial charge in [-0.1, -0.05) is 19.0 Å². The van der Waals surface area contributed by atoms with E-state index in [2.05, 4.69) is 39.3 Å². The Balaban J connectivity index is 1.70. The highest BCUT2D eigenvalue weighted by Gasteiger charge is 2.24. The average molecular weight is 331 g/mol. The first kappa shape index (κ1) is 16.9. The lowest BCUT2D eigenvalue weighted by molar-refractivity contribution is -0.0259. The summed E-state index contributed by atoms with van der Waals surface area (Å²) in [6.07, 6.45) is 1.89. The number of morpholine rings is 1. The van der Waals surface area contributed by atoms with Crippen molar-refractivity contribution in [2.75, 3.05) is 32.1 Å². The largest absolute Gasteiger partial charge is 0.373 e. The van der Waals surface area contributed by atoms with Crippen molar-refractivity contribution < 1.29 is 9.26 Å². The molecule has 0 amide bonds. The zero-order chi connectivity index (χ0) is 17.1. The van der Waals surface area contributed by atoms with Crippen molar-refractivity contribution in [1.29, 1.82) is 0 Å². The Kier molecular flexibility index (Phi) is 5.11. The number of nitrogens with one attached hydrogen (secondary N) is 1. The van der Waals surface area contributed by atoms with Crippen LogP contribution in [0.1, 0.15) is 32.5 Å². The Morgan fingerprint density at radius 3 is 2.88 bits per heavy atom. The monoisotopic (exact) mass is 331 g/mol. The molecule has 1 aliphatic rings. The van der Waals surface area contributed by atoms with Crippen LogP contribution < -0.4 is 5.32 Å². The molecule has 3 heterocycles. The number of hydrogen-bond acceptors (Lipinski definition) is 7. The number of likely N-dealkylation sites (N-methyl/N-ethyl adjacent to an activating group) is 1. The van der Waals surface area contributed by atoms with Gasteiger partial charge in [-0.3, -0.25) is 0 Å². The van der Waals surface area contributed by atoms with Crippen molar-refractivity contribution in [2.45, 2.75) is 38.8 Å². The molecule has 1 aliphatic heterocycles. The van der Waals surface area contributed by atoms with E-state index in [-0.39, 0.29) is 18.1 Å². The van der Waals surface area contributed by atoms with Crippen LogP contribution in [0.5, 0.6) is 0 Å². The maximum absolute atomic E-state index is 5.85. The highest BCUT2D eigenvalue weighted by Crippen LogP contribution is 2.22. The molecule has 0 saturated carbocycles. The summed E-state index contributed by atoms with van der Waals surface area (Å²) in [4.78, 5) is 11.1. The molecule has 2 unspecified atom stereocenters. The number of hydrogen-bond donors (Lipinski definition) is 1. The summed E-state index contributed by atoms with van der Waals surface area (Å²) in [5, 5.41) is 7.43. The van der Waals surface area contributed by atoms with E-state index in [0.717, 1.165) is 31.1 Å². The van der Waals surface area contributed by atoms with Crippen molar-refractivity contribution in [1.82, 2.24) is 20.0 Å². The van der Waals surface area contributed by atoms with Gasteiger partial charge in [-0.2, -0.15) is 4.98 Å². The predicted molar refractivity (Wildman–Crippen MR) is 91.9 cm³/mol. The molecule has 3 rings (SSSR count). The Hall–Kier alpha value is -1.99. The summed E-state index contributed by atoms with van der Waals surface area (Å²) in [6.45, 7) is 8.85. The van der Waals surface area contributed by atoms with Crippen molar-refractivity contribution in [3.8, 4) is 11.5 Å². The number of anilines is 1. The van der Waals surface area contributed by atoms with Gasteiger partial charge in [-0.25, -0.2) is 4.98 Å². The van der Waals surface area contributed by atoms with E-state index in [0.29, 0.717) is 11.7 Å². The van der Waals surface area contributed by atoms with E-state index in [1.807, 2.05) is 26.0 Å². The Bertz CT molecular complexity index is 673. The van der Waals surface area contributed by atoms with Gasteiger partial charge in [0.1, 0.15) is 5.82 Å². The smallest absolute Gasteiger partial charge is 0.258 e. The maximum Gasteiger partial charge on any atom is 0.258 e. The number of pyridine rings is 1. The normalized spacial score (nSPS) is 20.3. The van der Waals surface area contributed by atoms with E-state index in [1.165, 1.54) is 0 Å². The van der Waals surface area contributed by atoms with Crippen LogP contribution in [0.3, 0.4) is 0 Å². The van der Waals surface area contributed by atoms with Crippen molar-refractivity contribution >= 4 is 5.82 Å². The fourth-order valence-corrected chi connectivity index (χ4v) is 2.67. The third kappa shape index (κ3) is 3.91. The zero-order valence-electron chi connectivity index (χ0n) is 14.7. The molecule has 2 atom stereocenters. The predicted octanol–water partition coefficient (Wildman–Crippen LogP) is 2.39. The second-order valence-corrected chi connectivity index (χ2v) is 6.65. The Morgan fingerprint density at radius 1 is 1.33 bits per heavy atom. The van der Waals surface area contributed by atoms with Crippen LogP contribution in [-0.4, -0.2) is 58.9 Å². The lowest BCUT2D eigenvalue weighted by Crippen LogP contribution is -2.47. The number of nitrogens with zero attached hydrogens (tertiary/aromatic N) is 4. The SMILES string of the molecule is CC(C)c1noc(-c2ccnc(NC(C)C3CN(C)CCO3)c2)n1. The standard InChI is InChI=1S/C17H25N5O2/c1-11(2)16-20-17(24-21-16)13-5-6-18-15(9-13)19-12(3)14-10-22(4)7-8-23-14/h5-6,9,11-12,14H,7-8,10H2,1-4H3,(H,18,19). The topological polar surface area (TPSA) is 76.3 Å². The second kappa shape index (κ2) is 7.27.